The SMILES string of the molecule is C=C[C@@]1(C)CCC2=C(C(O)C[C@@H]3[C@]2(C)[C@@H](OC(C)=O)CC[C@@]3(C)C(=O)OC)C1O. The van der Waals surface area contributed by atoms with E-state index in [9.17, 15) is 19.8 Å². The van der Waals surface area contributed by atoms with Crippen molar-refractivity contribution in [3.63, 3.8) is 0 Å². The Morgan fingerprint density at radius 1 is 1.21 bits per heavy atom. The lowest BCUT2D eigenvalue weighted by Gasteiger charge is -2.60. The summed E-state index contributed by atoms with van der Waals surface area (Å²) in [5.74, 6) is -0.940. The molecule has 162 valence electrons. The van der Waals surface area contributed by atoms with E-state index in [0.717, 1.165) is 5.57 Å². The lowest BCUT2D eigenvalue weighted by atomic mass is 9.45. The third-order valence-corrected chi connectivity index (χ3v) is 8.16. The smallest absolute Gasteiger partial charge is 0.311 e. The zero-order valence-corrected chi connectivity index (χ0v) is 18.2. The van der Waals surface area contributed by atoms with Crippen molar-refractivity contribution in [3.8, 4) is 0 Å². The number of aliphatic hydroxyl groups is 2. The Balaban J connectivity index is 2.20. The Morgan fingerprint density at radius 3 is 2.41 bits per heavy atom. The molecule has 0 aromatic rings. The third kappa shape index (κ3) is 3.07. The van der Waals surface area contributed by atoms with Crippen LogP contribution in [0.3, 0.4) is 0 Å². The number of carbonyl (C=O) groups excluding carboxylic acids is 2. The predicted molar refractivity (Wildman–Crippen MR) is 108 cm³/mol. The van der Waals surface area contributed by atoms with E-state index in [1.165, 1.54) is 14.0 Å². The van der Waals surface area contributed by atoms with Crippen LogP contribution in [0.1, 0.15) is 59.8 Å². The van der Waals surface area contributed by atoms with Crippen molar-refractivity contribution < 1.29 is 29.3 Å². The van der Waals surface area contributed by atoms with E-state index in [1.807, 2.05) is 20.8 Å². The maximum Gasteiger partial charge on any atom is 0.311 e. The van der Waals surface area contributed by atoms with Gasteiger partial charge in [0, 0.05) is 17.8 Å². The third-order valence-electron chi connectivity index (χ3n) is 8.16. The summed E-state index contributed by atoms with van der Waals surface area (Å²) in [6, 6.07) is 0. The number of ether oxygens (including phenoxy) is 2. The average Bonchev–Trinajstić information content (AvgIpc) is 2.67. The number of esters is 2. The van der Waals surface area contributed by atoms with Gasteiger partial charge >= 0.3 is 11.9 Å². The van der Waals surface area contributed by atoms with Crippen molar-refractivity contribution in [1.82, 2.24) is 0 Å². The highest BCUT2D eigenvalue weighted by molar-refractivity contribution is 5.77. The standard InChI is InChI=1S/C23H34O6/c1-7-21(3)10-8-14-18(19(21)26)15(25)12-16-22(4,20(27)28-6)11-9-17(23(14,16)5)29-13(2)24/h7,15-17,19,25-26H,1,8-12H2,2-6H3/t15?,16-,17-,19?,21-,22+,23+/m0/s1. The van der Waals surface area contributed by atoms with E-state index in [4.69, 9.17) is 9.47 Å². The van der Waals surface area contributed by atoms with Crippen LogP contribution in [-0.4, -0.2) is 47.6 Å². The molecular weight excluding hydrogens is 372 g/mol. The van der Waals surface area contributed by atoms with Crippen molar-refractivity contribution in [1.29, 1.82) is 0 Å². The monoisotopic (exact) mass is 406 g/mol. The molecule has 0 saturated heterocycles. The highest BCUT2D eigenvalue weighted by atomic mass is 16.5. The zero-order chi connectivity index (χ0) is 21.8. The molecule has 0 spiro atoms. The number of fused-ring (bicyclic) bond motifs is 2. The molecule has 3 aliphatic carbocycles. The van der Waals surface area contributed by atoms with Gasteiger partial charge in [-0.3, -0.25) is 9.59 Å². The van der Waals surface area contributed by atoms with E-state index < -0.39 is 34.6 Å². The van der Waals surface area contributed by atoms with Crippen LogP contribution in [0.15, 0.2) is 23.8 Å². The molecule has 0 amide bonds. The quantitative estimate of drug-likeness (QED) is 0.553. The zero-order valence-electron chi connectivity index (χ0n) is 18.2. The summed E-state index contributed by atoms with van der Waals surface area (Å²) >= 11 is 0. The van der Waals surface area contributed by atoms with Crippen LogP contribution in [-0.2, 0) is 19.1 Å². The summed E-state index contributed by atoms with van der Waals surface area (Å²) in [6.07, 6.45) is 2.29. The highest BCUT2D eigenvalue weighted by Crippen LogP contribution is 2.64. The number of methoxy groups -OCH3 is 1. The number of aliphatic hydroxyl groups excluding tert-OH is 2. The second-order valence-corrected chi connectivity index (χ2v) is 9.68. The van der Waals surface area contributed by atoms with Gasteiger partial charge in [-0.1, -0.05) is 25.5 Å². The van der Waals surface area contributed by atoms with Gasteiger partial charge in [0.15, 0.2) is 0 Å². The van der Waals surface area contributed by atoms with Crippen LogP contribution in [0.25, 0.3) is 0 Å². The van der Waals surface area contributed by atoms with Crippen LogP contribution >= 0.6 is 0 Å². The molecular formula is C23H34O6. The molecule has 1 saturated carbocycles. The topological polar surface area (TPSA) is 93.1 Å². The Labute approximate surface area is 173 Å². The van der Waals surface area contributed by atoms with Crippen LogP contribution in [0.5, 0.6) is 0 Å². The van der Waals surface area contributed by atoms with Gasteiger partial charge in [0.25, 0.3) is 0 Å². The summed E-state index contributed by atoms with van der Waals surface area (Å²) < 4.78 is 10.9. The Morgan fingerprint density at radius 2 is 1.86 bits per heavy atom. The molecule has 0 aliphatic heterocycles. The Bertz CT molecular complexity index is 756. The second kappa shape index (κ2) is 7.24. The molecule has 0 radical (unpaired) electrons. The highest BCUT2D eigenvalue weighted by Gasteiger charge is 2.64. The number of carbonyl (C=O) groups is 2. The minimum absolute atomic E-state index is 0.269. The van der Waals surface area contributed by atoms with Crippen molar-refractivity contribution in [2.45, 2.75) is 78.1 Å². The normalized spacial score (nSPS) is 44.4. The Hall–Kier alpha value is -1.66. The minimum Gasteiger partial charge on any atom is -0.469 e. The van der Waals surface area contributed by atoms with Crippen LogP contribution in [0.4, 0.5) is 0 Å². The first kappa shape index (κ1) is 22.0. The van der Waals surface area contributed by atoms with E-state index in [1.54, 1.807) is 6.08 Å². The number of hydrogen-bond acceptors (Lipinski definition) is 6. The summed E-state index contributed by atoms with van der Waals surface area (Å²) in [6.45, 7) is 11.1. The molecule has 29 heavy (non-hydrogen) atoms. The van der Waals surface area contributed by atoms with Gasteiger partial charge in [-0.25, -0.2) is 0 Å². The fourth-order valence-electron chi connectivity index (χ4n) is 6.28. The van der Waals surface area contributed by atoms with E-state index in [2.05, 4.69) is 6.58 Å². The second-order valence-electron chi connectivity index (χ2n) is 9.68. The fourth-order valence-corrected chi connectivity index (χ4v) is 6.28. The molecule has 0 heterocycles. The van der Waals surface area contributed by atoms with Crippen molar-refractivity contribution in [2.24, 2.45) is 22.2 Å². The average molecular weight is 407 g/mol. The molecule has 3 rings (SSSR count). The molecule has 0 aromatic carbocycles. The number of hydrogen-bond donors (Lipinski definition) is 2. The summed E-state index contributed by atoms with van der Waals surface area (Å²) in [7, 11) is 1.38. The van der Waals surface area contributed by atoms with Gasteiger partial charge in [0.05, 0.1) is 24.7 Å². The molecule has 1 fully saturated rings. The van der Waals surface area contributed by atoms with Crippen LogP contribution in [0.2, 0.25) is 0 Å². The Kier molecular flexibility index (Phi) is 5.50. The molecule has 0 bridgehead atoms. The fraction of sp³-hybridized carbons (Fsp3) is 0.739. The minimum atomic E-state index is -0.863. The van der Waals surface area contributed by atoms with Crippen molar-refractivity contribution in [2.75, 3.05) is 7.11 Å². The summed E-state index contributed by atoms with van der Waals surface area (Å²) in [5, 5.41) is 22.3. The van der Waals surface area contributed by atoms with Gasteiger partial charge < -0.3 is 19.7 Å². The first-order valence-electron chi connectivity index (χ1n) is 10.4. The first-order valence-corrected chi connectivity index (χ1v) is 10.4. The molecule has 0 aromatic heterocycles. The van der Waals surface area contributed by atoms with Crippen molar-refractivity contribution in [3.05, 3.63) is 23.8 Å². The van der Waals surface area contributed by atoms with E-state index >= 15 is 0 Å². The van der Waals surface area contributed by atoms with Crippen LogP contribution in [0, 0.1) is 22.2 Å². The van der Waals surface area contributed by atoms with Crippen LogP contribution < -0.4 is 0 Å². The number of rotatable bonds is 3. The molecule has 3 aliphatic rings. The maximum absolute atomic E-state index is 12.8. The van der Waals surface area contributed by atoms with Gasteiger partial charge in [0.1, 0.15) is 6.10 Å². The van der Waals surface area contributed by atoms with Gasteiger partial charge in [0.2, 0.25) is 0 Å². The first-order chi connectivity index (χ1) is 13.5. The van der Waals surface area contributed by atoms with Gasteiger partial charge in [-0.2, -0.15) is 0 Å². The molecule has 6 nitrogen and oxygen atoms in total. The molecule has 2 unspecified atom stereocenters. The molecule has 7 atom stereocenters. The largest absolute Gasteiger partial charge is 0.469 e. The lowest BCUT2D eigenvalue weighted by molar-refractivity contribution is -0.184. The molecule has 2 N–H and O–H groups in total. The van der Waals surface area contributed by atoms with E-state index in [0.29, 0.717) is 37.7 Å². The van der Waals surface area contributed by atoms with Gasteiger partial charge in [-0.05, 0) is 50.5 Å². The maximum atomic E-state index is 12.8. The van der Waals surface area contributed by atoms with Gasteiger partial charge in [-0.15, -0.1) is 6.58 Å². The summed E-state index contributed by atoms with van der Waals surface area (Å²) in [5.41, 5.74) is -0.451. The summed E-state index contributed by atoms with van der Waals surface area (Å²) in [4.78, 5) is 24.7. The lowest BCUT2D eigenvalue weighted by Crippen LogP contribution is -2.61. The molecule has 6 heteroatoms. The van der Waals surface area contributed by atoms with Crippen molar-refractivity contribution >= 4 is 11.9 Å². The predicted octanol–water partition coefficient (Wildman–Crippen LogP) is 2.92. The van der Waals surface area contributed by atoms with E-state index in [-0.39, 0.29) is 17.9 Å².